The van der Waals surface area contributed by atoms with Crippen molar-refractivity contribution in [2.45, 2.75) is 38.8 Å². The molecule has 0 radical (unpaired) electrons. The van der Waals surface area contributed by atoms with E-state index < -0.39 is 0 Å². The van der Waals surface area contributed by atoms with Crippen LogP contribution in [0.5, 0.6) is 0 Å². The molecule has 2 fully saturated rings. The minimum absolute atomic E-state index is 0.0430. The maximum Gasteiger partial charge on any atom is 0.224 e. The molecular formula is C19H28FN3O. The first-order chi connectivity index (χ1) is 11.6. The number of benzene rings is 1. The highest BCUT2D eigenvalue weighted by Gasteiger charge is 2.29. The fraction of sp³-hybridized carbons (Fsp3) is 0.632. The van der Waals surface area contributed by atoms with E-state index in [4.69, 9.17) is 0 Å². The van der Waals surface area contributed by atoms with E-state index in [-0.39, 0.29) is 23.7 Å². The zero-order valence-electron chi connectivity index (χ0n) is 14.4. The second-order valence-electron chi connectivity index (χ2n) is 7.29. The summed E-state index contributed by atoms with van der Waals surface area (Å²) in [5, 5.41) is 6.60. The van der Waals surface area contributed by atoms with Gasteiger partial charge in [0.2, 0.25) is 5.91 Å². The highest BCUT2D eigenvalue weighted by molar-refractivity contribution is 5.79. The summed E-state index contributed by atoms with van der Waals surface area (Å²) in [7, 11) is 0. The number of carbonyl (C=O) groups excluding carboxylic acids is 1. The van der Waals surface area contributed by atoms with Crippen molar-refractivity contribution in [1.82, 2.24) is 15.5 Å². The number of hydrogen-bond acceptors (Lipinski definition) is 3. The lowest BCUT2D eigenvalue weighted by molar-refractivity contribution is -0.128. The van der Waals surface area contributed by atoms with E-state index in [2.05, 4.69) is 22.5 Å². The molecule has 3 atom stereocenters. The van der Waals surface area contributed by atoms with Crippen LogP contribution in [0.3, 0.4) is 0 Å². The Morgan fingerprint density at radius 2 is 2.29 bits per heavy atom. The van der Waals surface area contributed by atoms with Gasteiger partial charge in [-0.05, 0) is 56.0 Å². The van der Waals surface area contributed by atoms with Crippen LogP contribution >= 0.6 is 0 Å². The maximum absolute atomic E-state index is 13.3. The molecule has 0 bridgehead atoms. The first-order valence-corrected chi connectivity index (χ1v) is 9.09. The number of carbonyl (C=O) groups is 1. The van der Waals surface area contributed by atoms with Crippen molar-refractivity contribution in [1.29, 1.82) is 0 Å². The molecule has 0 aromatic heterocycles. The lowest BCUT2D eigenvalue weighted by atomic mass is 9.92. The van der Waals surface area contributed by atoms with Crippen LogP contribution in [0.15, 0.2) is 24.3 Å². The molecule has 2 saturated heterocycles. The van der Waals surface area contributed by atoms with Crippen LogP contribution in [-0.2, 0) is 11.3 Å². The van der Waals surface area contributed by atoms with Gasteiger partial charge in [-0.2, -0.15) is 0 Å². The van der Waals surface area contributed by atoms with Gasteiger partial charge in [-0.25, -0.2) is 4.39 Å². The molecule has 2 aliphatic heterocycles. The highest BCUT2D eigenvalue weighted by atomic mass is 19.1. The van der Waals surface area contributed by atoms with E-state index in [1.807, 2.05) is 6.07 Å². The third kappa shape index (κ3) is 4.54. The minimum atomic E-state index is -0.197. The molecule has 4 nitrogen and oxygen atoms in total. The van der Waals surface area contributed by atoms with Gasteiger partial charge < -0.3 is 10.6 Å². The number of nitrogens with one attached hydrogen (secondary N) is 2. The Bertz CT molecular complexity index is 565. The average molecular weight is 333 g/mol. The van der Waals surface area contributed by atoms with Gasteiger partial charge in [-0.3, -0.25) is 9.69 Å². The summed E-state index contributed by atoms with van der Waals surface area (Å²) < 4.78 is 13.3. The van der Waals surface area contributed by atoms with Crippen molar-refractivity contribution < 1.29 is 9.18 Å². The molecule has 0 saturated carbocycles. The Morgan fingerprint density at radius 3 is 3.08 bits per heavy atom. The van der Waals surface area contributed by atoms with Gasteiger partial charge in [-0.1, -0.05) is 19.1 Å². The molecule has 0 aliphatic carbocycles. The summed E-state index contributed by atoms with van der Waals surface area (Å²) >= 11 is 0. The first-order valence-electron chi connectivity index (χ1n) is 9.09. The number of piperidine rings is 2. The van der Waals surface area contributed by atoms with Gasteiger partial charge in [0.15, 0.2) is 0 Å². The predicted octanol–water partition coefficient (Wildman–Crippen LogP) is 2.15. The summed E-state index contributed by atoms with van der Waals surface area (Å²) in [6.07, 6.45) is 3.08. The number of amides is 1. The van der Waals surface area contributed by atoms with Crippen LogP contribution in [0.4, 0.5) is 4.39 Å². The molecule has 2 heterocycles. The first kappa shape index (κ1) is 17.4. The normalized spacial score (nSPS) is 28.5. The van der Waals surface area contributed by atoms with Crippen LogP contribution in [0.25, 0.3) is 0 Å². The molecule has 2 N–H and O–H groups in total. The Balaban J connectivity index is 1.53. The van der Waals surface area contributed by atoms with Gasteiger partial charge in [0.1, 0.15) is 5.82 Å². The quantitative estimate of drug-likeness (QED) is 0.887. The van der Waals surface area contributed by atoms with E-state index in [9.17, 15) is 9.18 Å². The fourth-order valence-electron chi connectivity index (χ4n) is 3.79. The highest BCUT2D eigenvalue weighted by Crippen LogP contribution is 2.20. The van der Waals surface area contributed by atoms with Gasteiger partial charge >= 0.3 is 0 Å². The molecular weight excluding hydrogens is 305 g/mol. The third-order valence-electron chi connectivity index (χ3n) is 5.33. The van der Waals surface area contributed by atoms with Crippen molar-refractivity contribution in [3.05, 3.63) is 35.6 Å². The second kappa shape index (κ2) is 8.08. The number of hydrogen-bond donors (Lipinski definition) is 2. The van der Waals surface area contributed by atoms with Crippen LogP contribution in [0, 0.1) is 17.7 Å². The fourth-order valence-corrected chi connectivity index (χ4v) is 3.79. The van der Waals surface area contributed by atoms with Gasteiger partial charge in [0.05, 0.1) is 5.92 Å². The monoisotopic (exact) mass is 333 g/mol. The van der Waals surface area contributed by atoms with Gasteiger partial charge in [0, 0.05) is 25.7 Å². The SMILES string of the molecule is CC1CCNCC1NC(=O)C1CCCN(Cc2cccc(F)c2)C1. The Labute approximate surface area is 143 Å². The lowest BCUT2D eigenvalue weighted by Crippen LogP contribution is -2.53. The van der Waals surface area contributed by atoms with E-state index >= 15 is 0 Å². The number of nitrogens with zero attached hydrogens (tertiary/aromatic N) is 1. The number of rotatable bonds is 4. The summed E-state index contributed by atoms with van der Waals surface area (Å²) in [6.45, 7) is 6.56. The summed E-state index contributed by atoms with van der Waals surface area (Å²) in [4.78, 5) is 14.9. The topological polar surface area (TPSA) is 44.4 Å². The smallest absolute Gasteiger partial charge is 0.224 e. The molecule has 1 aromatic rings. The molecule has 1 aromatic carbocycles. The Kier molecular flexibility index (Phi) is 5.85. The van der Waals surface area contributed by atoms with E-state index in [1.165, 1.54) is 6.07 Å². The summed E-state index contributed by atoms with van der Waals surface area (Å²) in [6, 6.07) is 6.98. The molecule has 0 spiro atoms. The van der Waals surface area contributed by atoms with E-state index in [0.717, 1.165) is 51.0 Å². The standard InChI is InChI=1S/C19H28FN3O/c1-14-7-8-21-11-18(14)22-19(24)16-5-3-9-23(13-16)12-15-4-2-6-17(20)10-15/h2,4,6,10,14,16,18,21H,3,5,7-9,11-13H2,1H3,(H,22,24). The van der Waals surface area contributed by atoms with Crippen molar-refractivity contribution in [3.63, 3.8) is 0 Å². The predicted molar refractivity (Wildman–Crippen MR) is 93.0 cm³/mol. The third-order valence-corrected chi connectivity index (χ3v) is 5.33. The van der Waals surface area contributed by atoms with Crippen molar-refractivity contribution in [2.24, 2.45) is 11.8 Å². The van der Waals surface area contributed by atoms with E-state index in [1.54, 1.807) is 12.1 Å². The average Bonchev–Trinajstić information content (AvgIpc) is 2.57. The second-order valence-corrected chi connectivity index (χ2v) is 7.29. The minimum Gasteiger partial charge on any atom is -0.352 e. The van der Waals surface area contributed by atoms with Crippen molar-refractivity contribution in [2.75, 3.05) is 26.2 Å². The van der Waals surface area contributed by atoms with Crippen LogP contribution in [0.2, 0.25) is 0 Å². The Morgan fingerprint density at radius 1 is 1.42 bits per heavy atom. The van der Waals surface area contributed by atoms with Crippen LogP contribution in [-0.4, -0.2) is 43.0 Å². The molecule has 1 amide bonds. The molecule has 24 heavy (non-hydrogen) atoms. The zero-order valence-corrected chi connectivity index (χ0v) is 14.4. The molecule has 2 aliphatic rings. The zero-order chi connectivity index (χ0) is 16.9. The van der Waals surface area contributed by atoms with Crippen molar-refractivity contribution >= 4 is 5.91 Å². The molecule has 3 unspecified atom stereocenters. The van der Waals surface area contributed by atoms with Gasteiger partial charge in [-0.15, -0.1) is 0 Å². The number of likely N-dealkylation sites (tertiary alicyclic amines) is 1. The van der Waals surface area contributed by atoms with E-state index in [0.29, 0.717) is 12.5 Å². The maximum atomic E-state index is 13.3. The summed E-state index contributed by atoms with van der Waals surface area (Å²) in [5.74, 6) is 0.556. The van der Waals surface area contributed by atoms with Gasteiger partial charge in [0.25, 0.3) is 0 Å². The van der Waals surface area contributed by atoms with Crippen molar-refractivity contribution in [3.8, 4) is 0 Å². The number of halogens is 1. The Hall–Kier alpha value is -1.46. The van der Waals surface area contributed by atoms with Crippen LogP contribution in [0.1, 0.15) is 31.7 Å². The molecule has 3 rings (SSSR count). The largest absolute Gasteiger partial charge is 0.352 e. The molecule has 132 valence electrons. The lowest BCUT2D eigenvalue weighted by Gasteiger charge is -2.35. The summed E-state index contributed by atoms with van der Waals surface area (Å²) in [5.41, 5.74) is 0.973. The van der Waals surface area contributed by atoms with Crippen LogP contribution < -0.4 is 10.6 Å². The molecule has 5 heteroatoms.